The van der Waals surface area contributed by atoms with Gasteiger partial charge in [0.2, 0.25) is 5.91 Å². The largest absolute Gasteiger partial charge is 0.480 e. The summed E-state index contributed by atoms with van der Waals surface area (Å²) >= 11 is 0. The summed E-state index contributed by atoms with van der Waals surface area (Å²) < 4.78 is 0. The highest BCUT2D eigenvalue weighted by atomic mass is 16.4. The summed E-state index contributed by atoms with van der Waals surface area (Å²) in [5.41, 5.74) is 1.03. The van der Waals surface area contributed by atoms with Crippen molar-refractivity contribution in [3.05, 3.63) is 29.8 Å². The lowest BCUT2D eigenvalue weighted by molar-refractivity contribution is -0.138. The minimum absolute atomic E-state index is 0.0123. The average molecular weight is 304 g/mol. The number of rotatable bonds is 5. The van der Waals surface area contributed by atoms with Crippen LogP contribution in [0.4, 0.5) is 5.69 Å². The molecule has 0 aromatic heterocycles. The summed E-state index contributed by atoms with van der Waals surface area (Å²) in [6.07, 6.45) is 0.881. The highest BCUT2D eigenvalue weighted by molar-refractivity contribution is 5.98. The van der Waals surface area contributed by atoms with Crippen LogP contribution in [0.2, 0.25) is 0 Å². The van der Waals surface area contributed by atoms with Crippen molar-refractivity contribution in [2.24, 2.45) is 11.3 Å². The Morgan fingerprint density at radius 2 is 1.77 bits per heavy atom. The first-order valence-corrected chi connectivity index (χ1v) is 7.15. The molecule has 2 atom stereocenters. The smallest absolute Gasteiger partial charge is 0.325 e. The van der Waals surface area contributed by atoms with E-state index in [0.717, 1.165) is 6.42 Å². The summed E-state index contributed by atoms with van der Waals surface area (Å²) in [5, 5.41) is 13.9. The molecule has 22 heavy (non-hydrogen) atoms. The Morgan fingerprint density at radius 3 is 2.23 bits per heavy atom. The van der Waals surface area contributed by atoms with E-state index < -0.39 is 17.9 Å². The monoisotopic (exact) mass is 304 g/mol. The Hall–Kier alpha value is -2.37. The van der Waals surface area contributed by atoms with E-state index in [9.17, 15) is 14.4 Å². The van der Waals surface area contributed by atoms with E-state index in [1.165, 1.54) is 6.92 Å². The first-order valence-electron chi connectivity index (χ1n) is 7.15. The zero-order valence-corrected chi connectivity index (χ0v) is 12.8. The molecule has 0 bridgehead atoms. The summed E-state index contributed by atoms with van der Waals surface area (Å²) in [6.45, 7) is 5.49. The minimum atomic E-state index is -1.09. The van der Waals surface area contributed by atoms with E-state index in [0.29, 0.717) is 11.3 Å². The molecule has 1 aliphatic carbocycles. The average Bonchev–Trinajstić information content (AvgIpc) is 3.08. The predicted molar refractivity (Wildman–Crippen MR) is 81.5 cm³/mol. The Balaban J connectivity index is 1.94. The molecule has 0 radical (unpaired) electrons. The van der Waals surface area contributed by atoms with Gasteiger partial charge in [0, 0.05) is 17.2 Å². The summed E-state index contributed by atoms with van der Waals surface area (Å²) in [6, 6.07) is 5.42. The third-order valence-electron chi connectivity index (χ3n) is 3.96. The van der Waals surface area contributed by atoms with Crippen LogP contribution in [0.25, 0.3) is 0 Å². The second kappa shape index (κ2) is 5.79. The standard InChI is InChI=1S/C16H20N2O4/c1-9(15(21)22)17-13(19)10-4-6-11(7-5-10)18-14(20)12-8-16(12,2)3/h4-7,9,12H,8H2,1-3H3,(H,17,19)(H,18,20)(H,21,22)/t9?,12-/m1/s1. The van der Waals surface area contributed by atoms with Crippen molar-refractivity contribution in [2.75, 3.05) is 5.32 Å². The number of hydrogen-bond donors (Lipinski definition) is 3. The second-order valence-electron chi connectivity index (χ2n) is 6.35. The fourth-order valence-electron chi connectivity index (χ4n) is 2.19. The summed E-state index contributed by atoms with van der Waals surface area (Å²) in [4.78, 5) is 34.5. The number of carbonyl (C=O) groups is 3. The quantitative estimate of drug-likeness (QED) is 0.774. The van der Waals surface area contributed by atoms with Gasteiger partial charge in [0.05, 0.1) is 0 Å². The number of nitrogens with one attached hydrogen (secondary N) is 2. The molecule has 0 heterocycles. The van der Waals surface area contributed by atoms with Crippen LogP contribution in [-0.2, 0) is 9.59 Å². The molecule has 118 valence electrons. The van der Waals surface area contributed by atoms with Gasteiger partial charge in [0.1, 0.15) is 6.04 Å². The SMILES string of the molecule is CC(NC(=O)c1ccc(NC(=O)[C@H]2CC2(C)C)cc1)C(=O)O. The van der Waals surface area contributed by atoms with Gasteiger partial charge in [0.15, 0.2) is 0 Å². The van der Waals surface area contributed by atoms with Gasteiger partial charge in [0.25, 0.3) is 5.91 Å². The molecule has 1 unspecified atom stereocenters. The van der Waals surface area contributed by atoms with Crippen LogP contribution in [0.5, 0.6) is 0 Å². The number of hydrogen-bond acceptors (Lipinski definition) is 3. The maximum absolute atomic E-state index is 12.0. The first kappa shape index (κ1) is 16.0. The maximum atomic E-state index is 12.0. The number of aliphatic carboxylic acids is 1. The Kier molecular flexibility index (Phi) is 4.21. The molecule has 3 N–H and O–H groups in total. The van der Waals surface area contributed by atoms with E-state index in [2.05, 4.69) is 10.6 Å². The fraction of sp³-hybridized carbons (Fsp3) is 0.438. The fourth-order valence-corrected chi connectivity index (χ4v) is 2.19. The van der Waals surface area contributed by atoms with Crippen LogP contribution in [-0.4, -0.2) is 28.9 Å². The first-order chi connectivity index (χ1) is 10.2. The van der Waals surface area contributed by atoms with Gasteiger partial charge >= 0.3 is 5.97 Å². The molecule has 1 aliphatic rings. The molecule has 2 amide bonds. The molecule has 0 spiro atoms. The summed E-state index contributed by atoms with van der Waals surface area (Å²) in [7, 11) is 0. The number of benzene rings is 1. The summed E-state index contributed by atoms with van der Waals surface area (Å²) in [5.74, 6) is -1.53. The third-order valence-corrected chi connectivity index (χ3v) is 3.96. The lowest BCUT2D eigenvalue weighted by atomic mass is 10.1. The van der Waals surface area contributed by atoms with Gasteiger partial charge in [-0.1, -0.05) is 13.8 Å². The normalized spacial score (nSPS) is 19.9. The molecule has 0 saturated heterocycles. The minimum Gasteiger partial charge on any atom is -0.480 e. The van der Waals surface area contributed by atoms with Crippen LogP contribution < -0.4 is 10.6 Å². The van der Waals surface area contributed by atoms with Crippen LogP contribution in [0.3, 0.4) is 0 Å². The number of anilines is 1. The van der Waals surface area contributed by atoms with Crippen LogP contribution >= 0.6 is 0 Å². The van der Waals surface area contributed by atoms with Gasteiger partial charge in [-0.2, -0.15) is 0 Å². The van der Waals surface area contributed by atoms with Crippen molar-refractivity contribution >= 4 is 23.5 Å². The van der Waals surface area contributed by atoms with Gasteiger partial charge in [-0.15, -0.1) is 0 Å². The zero-order chi connectivity index (χ0) is 16.5. The van der Waals surface area contributed by atoms with Crippen LogP contribution in [0.15, 0.2) is 24.3 Å². The predicted octanol–water partition coefficient (Wildman–Crippen LogP) is 1.87. The lowest BCUT2D eigenvalue weighted by Gasteiger charge is -2.10. The van der Waals surface area contributed by atoms with Gasteiger partial charge in [-0.05, 0) is 43.0 Å². The molecule has 1 aromatic rings. The highest BCUT2D eigenvalue weighted by Crippen LogP contribution is 2.51. The van der Waals surface area contributed by atoms with Crippen LogP contribution in [0.1, 0.15) is 37.6 Å². The molecule has 6 heteroatoms. The molecule has 2 rings (SSSR count). The number of amides is 2. The van der Waals surface area contributed by atoms with E-state index in [1.807, 2.05) is 13.8 Å². The maximum Gasteiger partial charge on any atom is 0.325 e. The van der Waals surface area contributed by atoms with Crippen molar-refractivity contribution < 1.29 is 19.5 Å². The van der Waals surface area contributed by atoms with Crippen molar-refractivity contribution in [1.29, 1.82) is 0 Å². The van der Waals surface area contributed by atoms with E-state index in [1.54, 1.807) is 24.3 Å². The van der Waals surface area contributed by atoms with E-state index in [4.69, 9.17) is 5.11 Å². The van der Waals surface area contributed by atoms with E-state index >= 15 is 0 Å². The Morgan fingerprint density at radius 1 is 1.23 bits per heavy atom. The molecular formula is C16H20N2O4. The number of carboxylic acid groups (broad SMARTS) is 1. The second-order valence-corrected chi connectivity index (χ2v) is 6.35. The molecule has 1 fully saturated rings. The molecule has 0 aliphatic heterocycles. The highest BCUT2D eigenvalue weighted by Gasteiger charge is 2.50. The molecule has 1 saturated carbocycles. The topological polar surface area (TPSA) is 95.5 Å². The van der Waals surface area contributed by atoms with Crippen molar-refractivity contribution in [3.63, 3.8) is 0 Å². The van der Waals surface area contributed by atoms with Crippen molar-refractivity contribution in [1.82, 2.24) is 5.32 Å². The molecular weight excluding hydrogens is 284 g/mol. The van der Waals surface area contributed by atoms with Gasteiger partial charge in [-0.3, -0.25) is 14.4 Å². The van der Waals surface area contributed by atoms with Crippen molar-refractivity contribution in [2.45, 2.75) is 33.2 Å². The van der Waals surface area contributed by atoms with Gasteiger partial charge in [-0.25, -0.2) is 0 Å². The van der Waals surface area contributed by atoms with Crippen LogP contribution in [0, 0.1) is 11.3 Å². The van der Waals surface area contributed by atoms with Gasteiger partial charge < -0.3 is 15.7 Å². The Labute approximate surface area is 128 Å². The molecule has 6 nitrogen and oxygen atoms in total. The molecule has 1 aromatic carbocycles. The van der Waals surface area contributed by atoms with E-state index in [-0.39, 0.29) is 17.2 Å². The number of carboxylic acids is 1. The lowest BCUT2D eigenvalue weighted by Crippen LogP contribution is -2.38. The Bertz CT molecular complexity index is 607. The zero-order valence-electron chi connectivity index (χ0n) is 12.8. The van der Waals surface area contributed by atoms with Crippen molar-refractivity contribution in [3.8, 4) is 0 Å². The number of carbonyl (C=O) groups excluding carboxylic acids is 2. The third kappa shape index (κ3) is 3.63.